The first-order valence-electron chi connectivity index (χ1n) is 6.00. The summed E-state index contributed by atoms with van der Waals surface area (Å²) in [6, 6.07) is 0.313. The Morgan fingerprint density at radius 3 is 2.27 bits per heavy atom. The minimum absolute atomic E-state index is 0.0905. The Kier molecular flexibility index (Phi) is 4.97. The van der Waals surface area contributed by atoms with Gasteiger partial charge >= 0.3 is 0 Å². The average molecular weight is 229 g/mol. The molecule has 0 saturated heterocycles. The highest BCUT2D eigenvalue weighted by molar-refractivity contribution is 7.81. The summed E-state index contributed by atoms with van der Waals surface area (Å²) in [6.07, 6.45) is 5.17. The number of carbonyl (C=O) groups excluding carboxylic acids is 1. The van der Waals surface area contributed by atoms with Crippen LogP contribution >= 0.6 is 12.6 Å². The van der Waals surface area contributed by atoms with Crippen LogP contribution in [0.15, 0.2) is 0 Å². The van der Waals surface area contributed by atoms with Gasteiger partial charge in [-0.15, -0.1) is 0 Å². The van der Waals surface area contributed by atoms with E-state index in [2.05, 4.69) is 24.9 Å². The van der Waals surface area contributed by atoms with Gasteiger partial charge in [0.05, 0.1) is 5.25 Å². The molecule has 3 heteroatoms. The van der Waals surface area contributed by atoms with Crippen molar-refractivity contribution in [1.82, 2.24) is 5.32 Å². The molecule has 15 heavy (non-hydrogen) atoms. The Hall–Kier alpha value is -0.180. The molecule has 2 unspecified atom stereocenters. The maximum Gasteiger partial charge on any atom is 0.233 e. The predicted octanol–water partition coefficient (Wildman–Crippen LogP) is 2.64. The topological polar surface area (TPSA) is 29.1 Å². The lowest BCUT2D eigenvalue weighted by molar-refractivity contribution is -0.122. The molecule has 0 aromatic heterocycles. The lowest BCUT2D eigenvalue weighted by Crippen LogP contribution is -2.42. The van der Waals surface area contributed by atoms with Crippen LogP contribution in [0.3, 0.4) is 0 Å². The fourth-order valence-electron chi connectivity index (χ4n) is 2.19. The molecule has 1 rings (SSSR count). The Morgan fingerprint density at radius 1 is 1.27 bits per heavy atom. The Balaban J connectivity index is 2.36. The van der Waals surface area contributed by atoms with Gasteiger partial charge in [-0.1, -0.05) is 26.7 Å². The number of nitrogens with one attached hydrogen (secondary N) is 1. The molecule has 1 aliphatic rings. The third-order valence-corrected chi connectivity index (χ3v) is 4.21. The molecule has 0 bridgehead atoms. The summed E-state index contributed by atoms with van der Waals surface area (Å²) < 4.78 is 0. The van der Waals surface area contributed by atoms with Gasteiger partial charge in [-0.3, -0.25) is 4.79 Å². The summed E-state index contributed by atoms with van der Waals surface area (Å²) in [6.45, 7) is 6.17. The monoisotopic (exact) mass is 229 g/mol. The van der Waals surface area contributed by atoms with E-state index < -0.39 is 0 Å². The largest absolute Gasteiger partial charge is 0.352 e. The third kappa shape index (κ3) is 3.71. The van der Waals surface area contributed by atoms with Crippen LogP contribution in [0.4, 0.5) is 0 Å². The molecule has 0 spiro atoms. The first kappa shape index (κ1) is 12.9. The average Bonchev–Trinajstić information content (AvgIpc) is 2.68. The molecule has 2 nitrogen and oxygen atoms in total. The molecule has 1 saturated carbocycles. The molecule has 0 heterocycles. The van der Waals surface area contributed by atoms with E-state index in [1.807, 2.05) is 13.8 Å². The first-order valence-corrected chi connectivity index (χ1v) is 6.52. The molecule has 88 valence electrons. The van der Waals surface area contributed by atoms with Crippen molar-refractivity contribution in [2.75, 3.05) is 0 Å². The zero-order valence-corrected chi connectivity index (χ0v) is 10.9. The Bertz CT molecular complexity index is 212. The fourth-order valence-corrected chi connectivity index (χ4v) is 2.26. The van der Waals surface area contributed by atoms with E-state index in [0.717, 1.165) is 0 Å². The lowest BCUT2D eigenvalue weighted by Gasteiger charge is -2.23. The highest BCUT2D eigenvalue weighted by atomic mass is 32.1. The third-order valence-electron chi connectivity index (χ3n) is 3.38. The lowest BCUT2D eigenvalue weighted by atomic mass is 9.99. The van der Waals surface area contributed by atoms with Gasteiger partial charge in [-0.25, -0.2) is 0 Å². The molecule has 1 aliphatic carbocycles. The molecule has 0 radical (unpaired) electrons. The zero-order valence-electron chi connectivity index (χ0n) is 9.99. The van der Waals surface area contributed by atoms with Crippen LogP contribution in [0, 0.1) is 11.8 Å². The fraction of sp³-hybridized carbons (Fsp3) is 0.917. The van der Waals surface area contributed by atoms with Crippen molar-refractivity contribution in [3.05, 3.63) is 0 Å². The second kappa shape index (κ2) is 5.78. The van der Waals surface area contributed by atoms with E-state index in [-0.39, 0.29) is 11.2 Å². The molecule has 1 N–H and O–H groups in total. The number of thiol groups is 1. The number of hydrogen-bond donors (Lipinski definition) is 2. The zero-order chi connectivity index (χ0) is 11.4. The van der Waals surface area contributed by atoms with Gasteiger partial charge in [-0.05, 0) is 31.6 Å². The van der Waals surface area contributed by atoms with Gasteiger partial charge in [-0.2, -0.15) is 12.6 Å². The van der Waals surface area contributed by atoms with Gasteiger partial charge < -0.3 is 5.32 Å². The maximum absolute atomic E-state index is 11.8. The second-order valence-corrected chi connectivity index (χ2v) is 5.59. The van der Waals surface area contributed by atoms with Crippen LogP contribution in [0.1, 0.15) is 46.5 Å². The van der Waals surface area contributed by atoms with Crippen molar-refractivity contribution in [2.45, 2.75) is 57.7 Å². The standard InChI is InChI=1S/C12H23NOS/c1-8(2)11(15)12(14)13-9(3)10-6-4-5-7-10/h8-11,15H,4-7H2,1-3H3,(H,13,14). The van der Waals surface area contributed by atoms with Crippen LogP contribution in [-0.2, 0) is 4.79 Å². The van der Waals surface area contributed by atoms with E-state index in [1.165, 1.54) is 25.7 Å². The molecule has 1 amide bonds. The van der Waals surface area contributed by atoms with E-state index in [1.54, 1.807) is 0 Å². The minimum Gasteiger partial charge on any atom is -0.352 e. The van der Waals surface area contributed by atoms with E-state index in [0.29, 0.717) is 17.9 Å². The predicted molar refractivity (Wildman–Crippen MR) is 67.2 cm³/mol. The smallest absolute Gasteiger partial charge is 0.233 e. The highest BCUT2D eigenvalue weighted by Gasteiger charge is 2.25. The van der Waals surface area contributed by atoms with Gasteiger partial charge in [0.1, 0.15) is 0 Å². The van der Waals surface area contributed by atoms with Gasteiger partial charge in [0.25, 0.3) is 0 Å². The Morgan fingerprint density at radius 2 is 1.80 bits per heavy atom. The van der Waals surface area contributed by atoms with E-state index >= 15 is 0 Å². The van der Waals surface area contributed by atoms with Gasteiger partial charge in [0.2, 0.25) is 5.91 Å². The summed E-state index contributed by atoms with van der Waals surface area (Å²) in [5.41, 5.74) is 0. The van der Waals surface area contributed by atoms with Crippen LogP contribution in [0.25, 0.3) is 0 Å². The molecule has 0 aliphatic heterocycles. The van der Waals surface area contributed by atoms with E-state index in [4.69, 9.17) is 0 Å². The molecular formula is C12H23NOS. The molecule has 1 fully saturated rings. The van der Waals surface area contributed by atoms with Crippen molar-refractivity contribution >= 4 is 18.5 Å². The summed E-state index contributed by atoms with van der Waals surface area (Å²) in [7, 11) is 0. The van der Waals surface area contributed by atoms with Crippen molar-refractivity contribution in [3.8, 4) is 0 Å². The van der Waals surface area contributed by atoms with Crippen LogP contribution in [-0.4, -0.2) is 17.2 Å². The number of hydrogen-bond acceptors (Lipinski definition) is 2. The van der Waals surface area contributed by atoms with Gasteiger partial charge in [0, 0.05) is 6.04 Å². The van der Waals surface area contributed by atoms with E-state index in [9.17, 15) is 4.79 Å². The minimum atomic E-state index is -0.172. The quantitative estimate of drug-likeness (QED) is 0.713. The van der Waals surface area contributed by atoms with Gasteiger partial charge in [0.15, 0.2) is 0 Å². The highest BCUT2D eigenvalue weighted by Crippen LogP contribution is 2.27. The number of carbonyl (C=O) groups is 1. The SMILES string of the molecule is CC(C)C(S)C(=O)NC(C)C1CCCC1. The summed E-state index contributed by atoms with van der Waals surface area (Å²) in [5.74, 6) is 1.07. The number of rotatable bonds is 4. The number of amides is 1. The normalized spacial score (nSPS) is 21.7. The summed E-state index contributed by atoms with van der Waals surface area (Å²) in [5, 5.41) is 2.92. The first-order chi connectivity index (χ1) is 7.02. The van der Waals surface area contributed by atoms with Crippen LogP contribution in [0.2, 0.25) is 0 Å². The van der Waals surface area contributed by atoms with Crippen molar-refractivity contribution in [2.24, 2.45) is 11.8 Å². The molecule has 2 atom stereocenters. The molecular weight excluding hydrogens is 206 g/mol. The summed E-state index contributed by atoms with van der Waals surface area (Å²) >= 11 is 4.33. The molecule has 0 aromatic rings. The van der Waals surface area contributed by atoms with Crippen molar-refractivity contribution in [1.29, 1.82) is 0 Å². The van der Waals surface area contributed by atoms with Crippen molar-refractivity contribution < 1.29 is 4.79 Å². The van der Waals surface area contributed by atoms with Crippen molar-refractivity contribution in [3.63, 3.8) is 0 Å². The van der Waals surface area contributed by atoms with Crippen LogP contribution in [0.5, 0.6) is 0 Å². The Labute approximate surface area is 98.6 Å². The maximum atomic E-state index is 11.8. The molecule has 0 aromatic carbocycles. The summed E-state index contributed by atoms with van der Waals surface area (Å²) in [4.78, 5) is 11.8. The second-order valence-electron chi connectivity index (χ2n) is 5.03. The van der Waals surface area contributed by atoms with Crippen LogP contribution < -0.4 is 5.32 Å².